The highest BCUT2D eigenvalue weighted by atomic mass is 16.2. The number of amides is 2. The van der Waals surface area contributed by atoms with E-state index in [2.05, 4.69) is 25.2 Å². The number of carbonyl (C=O) groups excluding carboxylic acids is 2. The molecule has 144 valence electrons. The number of rotatable bonds is 2. The number of carbonyl (C=O) groups is 2. The van der Waals surface area contributed by atoms with E-state index in [0.29, 0.717) is 30.3 Å². The van der Waals surface area contributed by atoms with Crippen LogP contribution in [0, 0.1) is 28.6 Å². The van der Waals surface area contributed by atoms with Crippen LogP contribution in [0.3, 0.4) is 0 Å². The van der Waals surface area contributed by atoms with E-state index in [1.54, 1.807) is 0 Å². The zero-order valence-corrected chi connectivity index (χ0v) is 16.8. The van der Waals surface area contributed by atoms with Gasteiger partial charge >= 0.3 is 0 Å². The quantitative estimate of drug-likeness (QED) is 0.821. The molecule has 0 aromatic carbocycles. The largest absolute Gasteiger partial charge is 0.353 e. The molecule has 0 radical (unpaired) electrons. The Morgan fingerprint density at radius 3 is 2.69 bits per heavy atom. The summed E-state index contributed by atoms with van der Waals surface area (Å²) in [5.74, 6) is 2.45. The molecule has 4 aliphatic rings. The van der Waals surface area contributed by atoms with E-state index in [9.17, 15) is 9.59 Å². The van der Waals surface area contributed by atoms with Gasteiger partial charge in [-0.1, -0.05) is 26.8 Å². The first-order valence-electron chi connectivity index (χ1n) is 10.6. The molecule has 0 spiro atoms. The van der Waals surface area contributed by atoms with Crippen molar-refractivity contribution in [3.8, 4) is 0 Å². The molecule has 1 heterocycles. The van der Waals surface area contributed by atoms with Gasteiger partial charge < -0.3 is 10.2 Å². The second-order valence-electron chi connectivity index (χ2n) is 9.71. The van der Waals surface area contributed by atoms with Crippen molar-refractivity contribution >= 4 is 11.8 Å². The summed E-state index contributed by atoms with van der Waals surface area (Å²) >= 11 is 0. The molecule has 1 aliphatic heterocycles. The minimum atomic E-state index is 0.109. The van der Waals surface area contributed by atoms with Crippen molar-refractivity contribution in [2.75, 3.05) is 7.05 Å². The highest BCUT2D eigenvalue weighted by Gasteiger charge is 2.60. The number of likely N-dealkylation sites (N-methyl/N-ethyl adjacent to an activating group) is 1. The normalized spacial score (nSPS) is 47.2. The van der Waals surface area contributed by atoms with Crippen molar-refractivity contribution in [2.24, 2.45) is 28.6 Å². The van der Waals surface area contributed by atoms with Gasteiger partial charge in [-0.25, -0.2) is 0 Å². The minimum absolute atomic E-state index is 0.109. The van der Waals surface area contributed by atoms with Gasteiger partial charge in [0.2, 0.25) is 11.8 Å². The number of nitrogens with zero attached hydrogens (tertiary/aromatic N) is 1. The Labute approximate surface area is 157 Å². The molecule has 7 atom stereocenters. The third-order valence-corrected chi connectivity index (χ3v) is 8.78. The molecule has 2 amide bonds. The molecular weight excluding hydrogens is 324 g/mol. The van der Waals surface area contributed by atoms with Gasteiger partial charge in [0.15, 0.2) is 0 Å². The Hall–Kier alpha value is -1.32. The lowest BCUT2D eigenvalue weighted by Crippen LogP contribution is -2.60. The SMILES string of the molecule is CCC(=O)NC1CC[C@H]2[C@@H]3CCC4N(C)C(=O)C=C[C@]4(C)[C@@H]3CC[C@]12C. The van der Waals surface area contributed by atoms with Crippen LogP contribution in [0.4, 0.5) is 0 Å². The lowest BCUT2D eigenvalue weighted by molar-refractivity contribution is -0.138. The maximum Gasteiger partial charge on any atom is 0.246 e. The molecular formula is C22H34N2O2. The van der Waals surface area contributed by atoms with E-state index in [1.165, 1.54) is 25.7 Å². The number of nitrogens with one attached hydrogen (secondary N) is 1. The van der Waals surface area contributed by atoms with Crippen LogP contribution < -0.4 is 5.32 Å². The molecule has 0 aromatic heterocycles. The van der Waals surface area contributed by atoms with Gasteiger partial charge in [0.05, 0.1) is 0 Å². The first kappa shape index (κ1) is 18.1. The van der Waals surface area contributed by atoms with Gasteiger partial charge in [-0.15, -0.1) is 0 Å². The number of hydrogen-bond donors (Lipinski definition) is 1. The van der Waals surface area contributed by atoms with Crippen LogP contribution in [0.2, 0.25) is 0 Å². The average molecular weight is 359 g/mol. The molecule has 3 aliphatic carbocycles. The van der Waals surface area contributed by atoms with Gasteiger partial charge in [0, 0.05) is 31.0 Å². The molecule has 0 aromatic rings. The molecule has 3 saturated carbocycles. The minimum Gasteiger partial charge on any atom is -0.353 e. The maximum atomic E-state index is 12.2. The Balaban J connectivity index is 1.60. The third kappa shape index (κ3) is 2.40. The summed E-state index contributed by atoms with van der Waals surface area (Å²) in [5.41, 5.74) is 0.354. The predicted octanol–water partition coefficient (Wildman–Crippen LogP) is 3.52. The summed E-state index contributed by atoms with van der Waals surface area (Å²) in [6, 6.07) is 0.695. The van der Waals surface area contributed by atoms with Crippen LogP contribution in [-0.4, -0.2) is 35.8 Å². The van der Waals surface area contributed by atoms with E-state index in [0.717, 1.165) is 18.8 Å². The van der Waals surface area contributed by atoms with Gasteiger partial charge in [-0.2, -0.15) is 0 Å². The van der Waals surface area contributed by atoms with Gasteiger partial charge in [0.1, 0.15) is 0 Å². The standard InChI is InChI=1S/C22H34N2O2/c1-5-19(25)23-17-8-7-15-14-6-9-18-22(3,13-11-20(26)24(18)4)16(14)10-12-21(15,17)2/h11,13-18H,5-10,12H2,1-4H3,(H,23,25)/t14-,15-,16+,17?,18?,21-,22+/m0/s1. The number of fused-ring (bicyclic) bond motifs is 5. The topological polar surface area (TPSA) is 49.4 Å². The van der Waals surface area contributed by atoms with E-state index < -0.39 is 0 Å². The van der Waals surface area contributed by atoms with E-state index in [1.807, 2.05) is 24.9 Å². The van der Waals surface area contributed by atoms with Crippen molar-refractivity contribution < 1.29 is 9.59 Å². The Morgan fingerprint density at radius 2 is 1.96 bits per heavy atom. The Bertz CT molecular complexity index is 644. The van der Waals surface area contributed by atoms with Crippen molar-refractivity contribution in [1.29, 1.82) is 0 Å². The highest BCUT2D eigenvalue weighted by molar-refractivity contribution is 5.89. The monoisotopic (exact) mass is 358 g/mol. The van der Waals surface area contributed by atoms with Crippen LogP contribution in [0.1, 0.15) is 65.7 Å². The second-order valence-corrected chi connectivity index (χ2v) is 9.71. The highest BCUT2D eigenvalue weighted by Crippen LogP contribution is 2.63. The molecule has 1 N–H and O–H groups in total. The Kier molecular flexibility index (Phi) is 4.24. The van der Waals surface area contributed by atoms with Crippen molar-refractivity contribution in [3.63, 3.8) is 0 Å². The molecule has 4 rings (SSSR count). The van der Waals surface area contributed by atoms with Crippen LogP contribution in [0.15, 0.2) is 12.2 Å². The van der Waals surface area contributed by atoms with Gasteiger partial charge in [-0.3, -0.25) is 9.59 Å². The summed E-state index contributed by atoms with van der Waals surface area (Å²) in [5, 5.41) is 3.34. The molecule has 0 bridgehead atoms. The first-order chi connectivity index (χ1) is 12.3. The summed E-state index contributed by atoms with van der Waals surface area (Å²) in [7, 11) is 1.98. The maximum absolute atomic E-state index is 12.2. The summed E-state index contributed by atoms with van der Waals surface area (Å²) in [4.78, 5) is 26.2. The number of hydrogen-bond acceptors (Lipinski definition) is 2. The summed E-state index contributed by atoms with van der Waals surface area (Å²) < 4.78 is 0. The first-order valence-corrected chi connectivity index (χ1v) is 10.6. The fourth-order valence-corrected chi connectivity index (χ4v) is 7.27. The predicted molar refractivity (Wildman–Crippen MR) is 102 cm³/mol. The van der Waals surface area contributed by atoms with Crippen LogP contribution in [-0.2, 0) is 9.59 Å². The van der Waals surface area contributed by atoms with E-state index in [4.69, 9.17) is 0 Å². The molecule has 0 saturated heterocycles. The summed E-state index contributed by atoms with van der Waals surface area (Å²) in [6.07, 6.45) is 11.8. The second kappa shape index (κ2) is 6.10. The molecule has 4 nitrogen and oxygen atoms in total. The van der Waals surface area contributed by atoms with Crippen LogP contribution in [0.5, 0.6) is 0 Å². The van der Waals surface area contributed by atoms with E-state index in [-0.39, 0.29) is 22.6 Å². The third-order valence-electron chi connectivity index (χ3n) is 8.78. The van der Waals surface area contributed by atoms with Crippen molar-refractivity contribution in [1.82, 2.24) is 10.2 Å². The lowest BCUT2D eigenvalue weighted by atomic mass is 9.48. The Morgan fingerprint density at radius 1 is 1.19 bits per heavy atom. The molecule has 2 unspecified atom stereocenters. The zero-order valence-electron chi connectivity index (χ0n) is 16.8. The zero-order chi connectivity index (χ0) is 18.7. The van der Waals surface area contributed by atoms with Gasteiger partial charge in [-0.05, 0) is 67.8 Å². The molecule has 3 fully saturated rings. The smallest absolute Gasteiger partial charge is 0.246 e. The average Bonchev–Trinajstić information content (AvgIpc) is 2.95. The summed E-state index contributed by atoms with van der Waals surface area (Å²) in [6.45, 7) is 6.76. The molecule has 26 heavy (non-hydrogen) atoms. The fourth-order valence-electron chi connectivity index (χ4n) is 7.27. The lowest BCUT2D eigenvalue weighted by Gasteiger charge is -2.60. The van der Waals surface area contributed by atoms with Crippen molar-refractivity contribution in [2.45, 2.75) is 77.8 Å². The van der Waals surface area contributed by atoms with Crippen molar-refractivity contribution in [3.05, 3.63) is 12.2 Å². The van der Waals surface area contributed by atoms with Crippen LogP contribution >= 0.6 is 0 Å². The van der Waals surface area contributed by atoms with Gasteiger partial charge in [0.25, 0.3) is 0 Å². The fraction of sp³-hybridized carbons (Fsp3) is 0.818. The van der Waals surface area contributed by atoms with Crippen LogP contribution in [0.25, 0.3) is 0 Å². The van der Waals surface area contributed by atoms with E-state index >= 15 is 0 Å². The molecule has 4 heteroatoms.